The summed E-state index contributed by atoms with van der Waals surface area (Å²) in [7, 11) is 0. The zero-order chi connectivity index (χ0) is 17.5. The first kappa shape index (κ1) is 18.0. The van der Waals surface area contributed by atoms with Gasteiger partial charge in [0.15, 0.2) is 0 Å². The van der Waals surface area contributed by atoms with Crippen molar-refractivity contribution >= 4 is 17.7 Å². The Kier molecular flexibility index (Phi) is 6.48. The van der Waals surface area contributed by atoms with Gasteiger partial charge in [0, 0.05) is 50.5 Å². The van der Waals surface area contributed by atoms with E-state index in [1.54, 1.807) is 6.08 Å². The molecule has 25 heavy (non-hydrogen) atoms. The number of amides is 1. The van der Waals surface area contributed by atoms with Crippen molar-refractivity contribution in [3.63, 3.8) is 0 Å². The van der Waals surface area contributed by atoms with Crippen LogP contribution in [0, 0.1) is 5.92 Å². The summed E-state index contributed by atoms with van der Waals surface area (Å²) in [5, 5.41) is 0. The van der Waals surface area contributed by atoms with Gasteiger partial charge in [0.25, 0.3) is 0 Å². The van der Waals surface area contributed by atoms with Crippen LogP contribution in [0.25, 0.3) is 6.08 Å². The third-order valence-corrected chi connectivity index (χ3v) is 4.88. The SMILES string of the molecule is CCN(C[C@@H]1CCOC1)C(=O)/C=C\c1ccc(N2CCOCC2)cc1. The summed E-state index contributed by atoms with van der Waals surface area (Å²) < 4.78 is 10.8. The van der Waals surface area contributed by atoms with Crippen molar-refractivity contribution < 1.29 is 14.3 Å². The Balaban J connectivity index is 1.55. The minimum absolute atomic E-state index is 0.0756. The van der Waals surface area contributed by atoms with Gasteiger partial charge in [-0.2, -0.15) is 0 Å². The highest BCUT2D eigenvalue weighted by Crippen LogP contribution is 2.18. The number of hydrogen-bond donors (Lipinski definition) is 0. The molecule has 3 rings (SSSR count). The van der Waals surface area contributed by atoms with Crippen LogP contribution in [0.2, 0.25) is 0 Å². The molecule has 2 aliphatic heterocycles. The van der Waals surface area contributed by atoms with E-state index in [2.05, 4.69) is 29.2 Å². The minimum Gasteiger partial charge on any atom is -0.381 e. The van der Waals surface area contributed by atoms with E-state index in [9.17, 15) is 4.79 Å². The third kappa shape index (κ3) is 5.06. The average molecular weight is 344 g/mol. The average Bonchev–Trinajstić information content (AvgIpc) is 3.18. The quantitative estimate of drug-likeness (QED) is 0.743. The molecule has 0 N–H and O–H groups in total. The third-order valence-electron chi connectivity index (χ3n) is 4.88. The highest BCUT2D eigenvalue weighted by molar-refractivity contribution is 5.91. The first-order valence-corrected chi connectivity index (χ1v) is 9.23. The van der Waals surface area contributed by atoms with E-state index in [-0.39, 0.29) is 5.91 Å². The van der Waals surface area contributed by atoms with E-state index in [4.69, 9.17) is 9.47 Å². The number of likely N-dealkylation sites (N-methyl/N-ethyl adjacent to an activating group) is 1. The molecule has 1 aromatic rings. The van der Waals surface area contributed by atoms with Gasteiger partial charge in [0.1, 0.15) is 0 Å². The molecule has 2 saturated heterocycles. The highest BCUT2D eigenvalue weighted by atomic mass is 16.5. The number of carbonyl (C=O) groups is 1. The van der Waals surface area contributed by atoms with Crippen molar-refractivity contribution in [2.75, 3.05) is 57.5 Å². The fourth-order valence-corrected chi connectivity index (χ4v) is 3.30. The van der Waals surface area contributed by atoms with E-state index in [1.807, 2.05) is 17.9 Å². The van der Waals surface area contributed by atoms with Gasteiger partial charge < -0.3 is 19.3 Å². The predicted molar refractivity (Wildman–Crippen MR) is 99.7 cm³/mol. The molecule has 0 saturated carbocycles. The van der Waals surface area contributed by atoms with Crippen LogP contribution in [0.15, 0.2) is 30.3 Å². The van der Waals surface area contributed by atoms with Crippen molar-refractivity contribution in [3.05, 3.63) is 35.9 Å². The summed E-state index contributed by atoms with van der Waals surface area (Å²) in [6, 6.07) is 8.36. The van der Waals surface area contributed by atoms with E-state index in [0.29, 0.717) is 5.92 Å². The lowest BCUT2D eigenvalue weighted by Crippen LogP contribution is -2.36. The number of benzene rings is 1. The van der Waals surface area contributed by atoms with Crippen LogP contribution < -0.4 is 4.90 Å². The molecule has 2 fully saturated rings. The fourth-order valence-electron chi connectivity index (χ4n) is 3.30. The van der Waals surface area contributed by atoms with Gasteiger partial charge in [-0.05, 0) is 37.1 Å². The number of ether oxygens (including phenoxy) is 2. The van der Waals surface area contributed by atoms with Crippen molar-refractivity contribution in [2.24, 2.45) is 5.92 Å². The summed E-state index contributed by atoms with van der Waals surface area (Å²) in [6.45, 7) is 8.58. The number of anilines is 1. The Morgan fingerprint density at radius 3 is 2.60 bits per heavy atom. The Morgan fingerprint density at radius 1 is 1.20 bits per heavy atom. The Morgan fingerprint density at radius 2 is 1.96 bits per heavy atom. The van der Waals surface area contributed by atoms with Crippen LogP contribution in [-0.4, -0.2) is 63.4 Å². The summed E-state index contributed by atoms with van der Waals surface area (Å²) in [5.74, 6) is 0.553. The lowest BCUT2D eigenvalue weighted by Gasteiger charge is -2.28. The van der Waals surface area contributed by atoms with Crippen LogP contribution in [0.5, 0.6) is 0 Å². The smallest absolute Gasteiger partial charge is 0.246 e. The minimum atomic E-state index is 0.0756. The molecule has 0 aromatic heterocycles. The number of hydrogen-bond acceptors (Lipinski definition) is 4. The maximum Gasteiger partial charge on any atom is 0.246 e. The second-order valence-corrected chi connectivity index (χ2v) is 6.63. The van der Waals surface area contributed by atoms with Gasteiger partial charge in [0.2, 0.25) is 5.91 Å². The lowest BCUT2D eigenvalue weighted by molar-refractivity contribution is -0.126. The molecular formula is C20H28N2O3. The van der Waals surface area contributed by atoms with Crippen LogP contribution in [0.3, 0.4) is 0 Å². The van der Waals surface area contributed by atoms with Crippen molar-refractivity contribution in [3.8, 4) is 0 Å². The standard InChI is InChI=1S/C20H28N2O3/c1-2-21(15-18-9-12-25-16-18)20(23)8-5-17-3-6-19(7-4-17)22-10-13-24-14-11-22/h3-8,18H,2,9-16H2,1H3/b8-5-/t18-/m0/s1. The number of nitrogens with zero attached hydrogens (tertiary/aromatic N) is 2. The van der Waals surface area contributed by atoms with Crippen LogP contribution in [0.1, 0.15) is 18.9 Å². The normalized spacial score (nSPS) is 21.0. The Labute approximate surface area is 150 Å². The van der Waals surface area contributed by atoms with Crippen molar-refractivity contribution in [1.29, 1.82) is 0 Å². The van der Waals surface area contributed by atoms with Gasteiger partial charge in [0.05, 0.1) is 19.8 Å². The maximum atomic E-state index is 12.4. The zero-order valence-corrected chi connectivity index (χ0v) is 15.0. The molecule has 5 nitrogen and oxygen atoms in total. The Hall–Kier alpha value is -1.85. The first-order valence-electron chi connectivity index (χ1n) is 9.23. The number of rotatable bonds is 6. The molecule has 1 aromatic carbocycles. The Bertz CT molecular complexity index is 573. The largest absolute Gasteiger partial charge is 0.381 e. The molecule has 0 unspecified atom stereocenters. The van der Waals surface area contributed by atoms with Gasteiger partial charge in [-0.25, -0.2) is 0 Å². The molecule has 0 aliphatic carbocycles. The number of morpholine rings is 1. The second-order valence-electron chi connectivity index (χ2n) is 6.63. The van der Waals surface area contributed by atoms with Gasteiger partial charge >= 0.3 is 0 Å². The van der Waals surface area contributed by atoms with E-state index >= 15 is 0 Å². The zero-order valence-electron chi connectivity index (χ0n) is 15.0. The summed E-state index contributed by atoms with van der Waals surface area (Å²) >= 11 is 0. The maximum absolute atomic E-state index is 12.4. The molecule has 1 atom stereocenters. The summed E-state index contributed by atoms with van der Waals surface area (Å²) in [6.07, 6.45) is 4.64. The summed E-state index contributed by atoms with van der Waals surface area (Å²) in [5.41, 5.74) is 2.26. The highest BCUT2D eigenvalue weighted by Gasteiger charge is 2.20. The lowest BCUT2D eigenvalue weighted by atomic mass is 10.1. The molecular weight excluding hydrogens is 316 g/mol. The molecule has 136 valence electrons. The van der Waals surface area contributed by atoms with Crippen LogP contribution in [0.4, 0.5) is 5.69 Å². The van der Waals surface area contributed by atoms with Crippen LogP contribution >= 0.6 is 0 Å². The molecule has 5 heteroatoms. The second kappa shape index (κ2) is 9.02. The number of carbonyl (C=O) groups excluding carboxylic acids is 1. The monoisotopic (exact) mass is 344 g/mol. The topological polar surface area (TPSA) is 42.0 Å². The van der Waals surface area contributed by atoms with E-state index in [1.165, 1.54) is 5.69 Å². The summed E-state index contributed by atoms with van der Waals surface area (Å²) in [4.78, 5) is 16.7. The van der Waals surface area contributed by atoms with Gasteiger partial charge in [-0.1, -0.05) is 12.1 Å². The molecule has 1 amide bonds. The first-order chi connectivity index (χ1) is 12.3. The van der Waals surface area contributed by atoms with E-state index in [0.717, 1.165) is 64.6 Å². The van der Waals surface area contributed by atoms with Gasteiger partial charge in [-0.15, -0.1) is 0 Å². The molecule has 0 radical (unpaired) electrons. The van der Waals surface area contributed by atoms with E-state index < -0.39 is 0 Å². The van der Waals surface area contributed by atoms with Crippen LogP contribution in [-0.2, 0) is 14.3 Å². The molecule has 2 heterocycles. The molecule has 0 bridgehead atoms. The van der Waals surface area contributed by atoms with Crippen molar-refractivity contribution in [1.82, 2.24) is 4.90 Å². The van der Waals surface area contributed by atoms with Gasteiger partial charge in [-0.3, -0.25) is 4.79 Å². The van der Waals surface area contributed by atoms with Crippen molar-refractivity contribution in [2.45, 2.75) is 13.3 Å². The predicted octanol–water partition coefficient (Wildman–Crippen LogP) is 2.42. The molecule has 0 spiro atoms. The molecule has 2 aliphatic rings. The fraction of sp³-hybridized carbons (Fsp3) is 0.550.